The van der Waals surface area contributed by atoms with Crippen molar-refractivity contribution in [1.29, 1.82) is 0 Å². The van der Waals surface area contributed by atoms with Crippen molar-refractivity contribution in [2.75, 3.05) is 0 Å². The lowest BCUT2D eigenvalue weighted by molar-refractivity contribution is -0.140. The fourth-order valence-electron chi connectivity index (χ4n) is 4.26. The first-order chi connectivity index (χ1) is 15.2. The van der Waals surface area contributed by atoms with Crippen molar-refractivity contribution in [2.24, 2.45) is 21.6 Å². The molecule has 2 saturated carbocycles. The molecule has 4 rings (SSSR count). The highest BCUT2D eigenvalue weighted by molar-refractivity contribution is 7.11. The Morgan fingerprint density at radius 2 is 1.58 bits per heavy atom. The predicted molar refractivity (Wildman–Crippen MR) is 108 cm³/mol. The number of hydrogen-bond donors (Lipinski definition) is 3. The van der Waals surface area contributed by atoms with Crippen LogP contribution in [-0.2, 0) is 6.18 Å². The van der Waals surface area contributed by atoms with Gasteiger partial charge in [0.05, 0.1) is 6.04 Å². The average Bonchev–Trinajstić information content (AvgIpc) is 3.20. The maximum atomic E-state index is 13.7. The number of nitrogens with two attached hydrogens (primary N) is 1. The van der Waals surface area contributed by atoms with Crippen LogP contribution in [0.5, 0.6) is 0 Å². The van der Waals surface area contributed by atoms with Crippen molar-refractivity contribution >= 4 is 23.1 Å². The molecule has 184 valence electrons. The topological polar surface area (TPSA) is 87.7 Å². The maximum Gasteiger partial charge on any atom is 0.434 e. The van der Waals surface area contributed by atoms with Gasteiger partial charge in [-0.05, 0) is 25.7 Å². The van der Waals surface area contributed by atoms with Crippen LogP contribution in [0.3, 0.4) is 0 Å². The molecule has 6 nitrogen and oxygen atoms in total. The van der Waals surface area contributed by atoms with E-state index in [1.54, 1.807) is 0 Å². The standard InChI is InChI=1S/C19H23F7N6S/c20-16(21)5-1-10(2-6-16)19(27)31-13(14-29-12(9-33-14)18(24,25)26)30-15(32-19)28-11-3-7-17(22,23)8-4-11/h9-11H,1-8,27H2,(H2,28,30,31,32). The second-order valence-corrected chi connectivity index (χ2v) is 9.62. The summed E-state index contributed by atoms with van der Waals surface area (Å²) in [6, 6.07) is -0.457. The molecule has 1 aromatic rings. The molecule has 2 aliphatic carbocycles. The van der Waals surface area contributed by atoms with E-state index in [1.165, 1.54) is 0 Å². The van der Waals surface area contributed by atoms with Gasteiger partial charge in [0.25, 0.3) is 0 Å². The molecule has 0 saturated heterocycles. The summed E-state index contributed by atoms with van der Waals surface area (Å²) in [5.74, 6) is -7.74. The number of nitrogens with one attached hydrogen (secondary N) is 2. The van der Waals surface area contributed by atoms with Gasteiger partial charge in [-0.15, -0.1) is 11.3 Å². The Morgan fingerprint density at radius 1 is 1.00 bits per heavy atom. The van der Waals surface area contributed by atoms with Crippen LogP contribution in [0.15, 0.2) is 15.4 Å². The summed E-state index contributed by atoms with van der Waals surface area (Å²) in [5.41, 5.74) is 5.35. The van der Waals surface area contributed by atoms with Gasteiger partial charge in [-0.2, -0.15) is 13.2 Å². The Morgan fingerprint density at radius 3 is 2.12 bits per heavy atom. The molecule has 1 aliphatic heterocycles. The van der Waals surface area contributed by atoms with E-state index in [2.05, 4.69) is 25.6 Å². The van der Waals surface area contributed by atoms with Crippen molar-refractivity contribution in [3.8, 4) is 0 Å². The molecule has 0 aromatic carbocycles. The smallest absolute Gasteiger partial charge is 0.319 e. The van der Waals surface area contributed by atoms with Crippen LogP contribution in [0.25, 0.3) is 0 Å². The second-order valence-electron chi connectivity index (χ2n) is 8.77. The Hall–Kier alpha value is -1.96. The Bertz CT molecular complexity index is 923. The molecule has 4 N–H and O–H groups in total. The van der Waals surface area contributed by atoms with Gasteiger partial charge < -0.3 is 10.6 Å². The highest BCUT2D eigenvalue weighted by atomic mass is 32.1. The van der Waals surface area contributed by atoms with E-state index in [0.717, 1.165) is 5.38 Å². The number of alkyl halides is 7. The molecule has 14 heteroatoms. The lowest BCUT2D eigenvalue weighted by Gasteiger charge is -2.42. The van der Waals surface area contributed by atoms with Crippen LogP contribution in [0.1, 0.15) is 62.1 Å². The quantitative estimate of drug-likeness (QED) is 0.535. The van der Waals surface area contributed by atoms with Gasteiger partial charge >= 0.3 is 6.18 Å². The number of aromatic nitrogens is 1. The van der Waals surface area contributed by atoms with Crippen molar-refractivity contribution < 1.29 is 30.7 Å². The fraction of sp³-hybridized carbons (Fsp3) is 0.737. The van der Waals surface area contributed by atoms with E-state index >= 15 is 0 Å². The molecule has 1 unspecified atom stereocenters. The maximum absolute atomic E-state index is 13.7. The third-order valence-corrected chi connectivity index (χ3v) is 7.04. The minimum absolute atomic E-state index is 0.0435. The molecule has 2 fully saturated rings. The zero-order chi connectivity index (χ0) is 24.1. The molecule has 0 amide bonds. The number of rotatable bonds is 3. The summed E-state index contributed by atoms with van der Waals surface area (Å²) in [7, 11) is 0. The predicted octanol–water partition coefficient (Wildman–Crippen LogP) is 4.47. The van der Waals surface area contributed by atoms with Gasteiger partial charge in [0.15, 0.2) is 28.3 Å². The number of amidine groups is 1. The molecule has 0 spiro atoms. The molecular formula is C19H23F7N6S. The third kappa shape index (κ3) is 5.58. The van der Waals surface area contributed by atoms with Gasteiger partial charge in [-0.3, -0.25) is 5.73 Å². The summed E-state index contributed by atoms with van der Waals surface area (Å²) in [4.78, 5) is 12.3. The molecule has 1 aromatic heterocycles. The van der Waals surface area contributed by atoms with E-state index in [9.17, 15) is 30.7 Å². The molecule has 33 heavy (non-hydrogen) atoms. The van der Waals surface area contributed by atoms with Crippen LogP contribution in [0, 0.1) is 5.92 Å². The van der Waals surface area contributed by atoms with E-state index in [-0.39, 0.29) is 55.3 Å². The summed E-state index contributed by atoms with van der Waals surface area (Å²) >= 11 is 0.696. The molecule has 0 bridgehead atoms. The Kier molecular flexibility index (Phi) is 6.13. The van der Waals surface area contributed by atoms with Crippen LogP contribution in [0.4, 0.5) is 30.7 Å². The van der Waals surface area contributed by atoms with Crippen LogP contribution in [-0.4, -0.2) is 40.5 Å². The molecule has 3 aliphatic rings. The number of guanidine groups is 1. The van der Waals surface area contributed by atoms with Crippen molar-refractivity contribution in [3.05, 3.63) is 16.1 Å². The number of halogens is 7. The monoisotopic (exact) mass is 500 g/mol. The first kappa shape index (κ1) is 24.2. The van der Waals surface area contributed by atoms with E-state index in [4.69, 9.17) is 5.73 Å². The summed E-state index contributed by atoms with van der Waals surface area (Å²) in [6.07, 6.45) is -5.77. The fourth-order valence-corrected chi connectivity index (χ4v) is 5.03. The zero-order valence-electron chi connectivity index (χ0n) is 17.4. The van der Waals surface area contributed by atoms with E-state index < -0.39 is 54.3 Å². The average molecular weight is 500 g/mol. The van der Waals surface area contributed by atoms with Gasteiger partial charge in [0.1, 0.15) is 0 Å². The molecule has 1 atom stereocenters. The van der Waals surface area contributed by atoms with Crippen LogP contribution >= 0.6 is 11.3 Å². The Balaban J connectivity index is 1.62. The lowest BCUT2D eigenvalue weighted by Crippen LogP contribution is -2.67. The number of hydrogen-bond acceptors (Lipinski definition) is 5. The first-order valence-electron chi connectivity index (χ1n) is 10.6. The second kappa shape index (κ2) is 8.36. The largest absolute Gasteiger partial charge is 0.434 e. The zero-order valence-corrected chi connectivity index (χ0v) is 18.2. The minimum Gasteiger partial charge on any atom is -0.319 e. The van der Waals surface area contributed by atoms with Crippen LogP contribution in [0.2, 0.25) is 0 Å². The third-order valence-electron chi connectivity index (χ3n) is 6.19. The highest BCUT2D eigenvalue weighted by Crippen LogP contribution is 2.40. The molecule has 0 radical (unpaired) electrons. The van der Waals surface area contributed by atoms with Gasteiger partial charge in [0, 0.05) is 37.0 Å². The number of aliphatic imine (C=N–C) groups is 2. The Labute approximate surface area is 189 Å². The highest BCUT2D eigenvalue weighted by Gasteiger charge is 2.46. The summed E-state index contributed by atoms with van der Waals surface area (Å²) < 4.78 is 93.4. The minimum atomic E-state index is -4.65. The van der Waals surface area contributed by atoms with Gasteiger partial charge in [-0.25, -0.2) is 32.5 Å². The van der Waals surface area contributed by atoms with Crippen LogP contribution < -0.4 is 16.4 Å². The van der Waals surface area contributed by atoms with Gasteiger partial charge in [0.2, 0.25) is 11.8 Å². The lowest BCUT2D eigenvalue weighted by atomic mass is 9.82. The first-order valence-corrected chi connectivity index (χ1v) is 11.4. The summed E-state index contributed by atoms with van der Waals surface area (Å²) in [5, 5.41) is 6.39. The van der Waals surface area contributed by atoms with Crippen molar-refractivity contribution in [2.45, 2.75) is 81.2 Å². The van der Waals surface area contributed by atoms with E-state index in [0.29, 0.717) is 11.3 Å². The molecule has 2 heterocycles. The van der Waals surface area contributed by atoms with Crippen molar-refractivity contribution in [3.63, 3.8) is 0 Å². The summed E-state index contributed by atoms with van der Waals surface area (Å²) in [6.45, 7) is 0. The normalized spacial score (nSPS) is 29.9. The molecular weight excluding hydrogens is 477 g/mol. The van der Waals surface area contributed by atoms with Crippen molar-refractivity contribution in [1.82, 2.24) is 15.6 Å². The number of thiazole rings is 1. The van der Waals surface area contributed by atoms with Gasteiger partial charge in [-0.1, -0.05) is 0 Å². The SMILES string of the molecule is NC1(C2CCC(F)(F)CC2)N=C(c2nc(C(F)(F)F)cs2)NC(=NC2CCC(F)(F)CC2)N1. The van der Waals surface area contributed by atoms with E-state index in [1.807, 2.05) is 0 Å². The number of nitrogens with zero attached hydrogens (tertiary/aromatic N) is 3.